The predicted molar refractivity (Wildman–Crippen MR) is 77.0 cm³/mol. The lowest BCUT2D eigenvalue weighted by Crippen LogP contribution is -2.31. The lowest BCUT2D eigenvalue weighted by Gasteiger charge is -2.23. The van der Waals surface area contributed by atoms with Gasteiger partial charge in [-0.25, -0.2) is 12.7 Å². The average Bonchev–Trinajstić information content (AvgIpc) is 2.87. The number of nitrogens with zero attached hydrogens (tertiary/aromatic N) is 2. The fourth-order valence-electron chi connectivity index (χ4n) is 2.35. The van der Waals surface area contributed by atoms with Crippen molar-refractivity contribution in [3.05, 3.63) is 24.3 Å². The first-order valence-corrected chi connectivity index (χ1v) is 7.84. The molecule has 1 N–H and O–H groups in total. The number of hydrogen-bond donors (Lipinski definition) is 1. The zero-order valence-electron chi connectivity index (χ0n) is 11.6. The van der Waals surface area contributed by atoms with E-state index in [1.54, 1.807) is 26.2 Å². The zero-order valence-corrected chi connectivity index (χ0v) is 12.4. The Kier molecular flexibility index (Phi) is 4.13. The van der Waals surface area contributed by atoms with Crippen LogP contribution in [0.4, 0.5) is 5.69 Å². The van der Waals surface area contributed by atoms with Crippen LogP contribution in [0.5, 0.6) is 0 Å². The second-order valence-electron chi connectivity index (χ2n) is 4.98. The maximum absolute atomic E-state index is 12.3. The lowest BCUT2D eigenvalue weighted by atomic mass is 10.3. The summed E-state index contributed by atoms with van der Waals surface area (Å²) in [6.45, 7) is 1.72. The third-order valence-electron chi connectivity index (χ3n) is 3.56. The molecule has 1 aliphatic rings. The Bertz CT molecular complexity index is 543. The molecule has 0 amide bonds. The van der Waals surface area contributed by atoms with E-state index < -0.39 is 10.0 Å². The number of benzene rings is 1. The van der Waals surface area contributed by atoms with Crippen molar-refractivity contribution >= 4 is 15.7 Å². The Hall–Kier alpha value is -1.11. The van der Waals surface area contributed by atoms with Crippen molar-refractivity contribution in [3.8, 4) is 0 Å². The van der Waals surface area contributed by atoms with Gasteiger partial charge in [0.1, 0.15) is 4.90 Å². The largest absolute Gasteiger partial charge is 0.369 e. The summed E-state index contributed by atoms with van der Waals surface area (Å²) in [5.41, 5.74) is 0.800. The molecule has 0 bridgehead atoms. The molecule has 1 aliphatic heterocycles. The third kappa shape index (κ3) is 2.75. The van der Waals surface area contributed by atoms with Crippen LogP contribution in [-0.4, -0.2) is 53.0 Å². The molecular formula is C13H21N3O2S. The van der Waals surface area contributed by atoms with Crippen molar-refractivity contribution in [1.29, 1.82) is 0 Å². The number of anilines is 1. The Morgan fingerprint density at radius 3 is 2.58 bits per heavy atom. The topological polar surface area (TPSA) is 52.7 Å². The van der Waals surface area contributed by atoms with Crippen LogP contribution in [0.25, 0.3) is 0 Å². The Labute approximate surface area is 115 Å². The molecule has 1 aromatic carbocycles. The molecule has 0 aromatic heterocycles. The van der Waals surface area contributed by atoms with Gasteiger partial charge in [-0.05, 0) is 25.6 Å². The molecule has 1 aromatic rings. The molecule has 1 fully saturated rings. The molecule has 19 heavy (non-hydrogen) atoms. The Balaban J connectivity index is 2.38. The molecule has 106 valence electrons. The molecule has 2 rings (SSSR count). The summed E-state index contributed by atoms with van der Waals surface area (Å²) in [6, 6.07) is 7.64. The van der Waals surface area contributed by atoms with Gasteiger partial charge in [-0.2, -0.15) is 0 Å². The highest BCUT2D eigenvalue weighted by atomic mass is 32.2. The van der Waals surface area contributed by atoms with Crippen molar-refractivity contribution in [3.63, 3.8) is 0 Å². The van der Waals surface area contributed by atoms with Gasteiger partial charge in [-0.1, -0.05) is 12.1 Å². The molecule has 1 unspecified atom stereocenters. The first kappa shape index (κ1) is 14.3. The molecular weight excluding hydrogens is 262 g/mol. The maximum Gasteiger partial charge on any atom is 0.244 e. The van der Waals surface area contributed by atoms with Gasteiger partial charge in [0.15, 0.2) is 0 Å². The first-order chi connectivity index (χ1) is 8.96. The van der Waals surface area contributed by atoms with Crippen LogP contribution in [0.3, 0.4) is 0 Å². The molecule has 6 heteroatoms. The monoisotopic (exact) mass is 283 g/mol. The van der Waals surface area contributed by atoms with Gasteiger partial charge in [0.2, 0.25) is 10.0 Å². The fraction of sp³-hybridized carbons (Fsp3) is 0.538. The second kappa shape index (κ2) is 5.48. The van der Waals surface area contributed by atoms with Gasteiger partial charge < -0.3 is 10.2 Å². The normalized spacial score (nSPS) is 20.2. The molecule has 1 atom stereocenters. The van der Waals surface area contributed by atoms with Crippen molar-refractivity contribution in [2.45, 2.75) is 17.4 Å². The van der Waals surface area contributed by atoms with E-state index in [1.165, 1.54) is 4.31 Å². The van der Waals surface area contributed by atoms with Crippen LogP contribution in [0.2, 0.25) is 0 Å². The number of likely N-dealkylation sites (N-methyl/N-ethyl adjacent to an activating group) is 1. The smallest absolute Gasteiger partial charge is 0.244 e. The minimum atomic E-state index is -3.40. The summed E-state index contributed by atoms with van der Waals surface area (Å²) in [5.74, 6) is 0. The Morgan fingerprint density at radius 2 is 2.00 bits per heavy atom. The van der Waals surface area contributed by atoms with Gasteiger partial charge >= 0.3 is 0 Å². The number of nitrogens with one attached hydrogen (secondary N) is 1. The van der Waals surface area contributed by atoms with Crippen LogP contribution in [0.1, 0.15) is 6.42 Å². The summed E-state index contributed by atoms with van der Waals surface area (Å²) in [6.07, 6.45) is 1.03. The van der Waals surface area contributed by atoms with Crippen LogP contribution in [0.15, 0.2) is 29.2 Å². The Morgan fingerprint density at radius 1 is 1.32 bits per heavy atom. The van der Waals surface area contributed by atoms with E-state index in [2.05, 4.69) is 10.2 Å². The fourth-order valence-corrected chi connectivity index (χ4v) is 3.45. The van der Waals surface area contributed by atoms with Crippen molar-refractivity contribution < 1.29 is 8.42 Å². The molecule has 0 saturated carbocycles. The van der Waals surface area contributed by atoms with Crippen molar-refractivity contribution in [2.75, 3.05) is 39.1 Å². The predicted octanol–water partition coefficient (Wildman–Crippen LogP) is 0.735. The van der Waals surface area contributed by atoms with E-state index >= 15 is 0 Å². The van der Waals surface area contributed by atoms with Crippen molar-refractivity contribution in [1.82, 2.24) is 9.62 Å². The summed E-state index contributed by atoms with van der Waals surface area (Å²) in [7, 11) is 1.67. The summed E-state index contributed by atoms with van der Waals surface area (Å²) < 4.78 is 25.9. The second-order valence-corrected chi connectivity index (χ2v) is 7.10. The van der Waals surface area contributed by atoms with Gasteiger partial charge in [0, 0.05) is 33.2 Å². The maximum atomic E-state index is 12.3. The van der Waals surface area contributed by atoms with Crippen LogP contribution >= 0.6 is 0 Å². The first-order valence-electron chi connectivity index (χ1n) is 6.40. The summed E-state index contributed by atoms with van der Waals surface area (Å²) in [4.78, 5) is 2.52. The minimum absolute atomic E-state index is 0.386. The zero-order chi connectivity index (χ0) is 14.0. The van der Waals surface area contributed by atoms with Crippen molar-refractivity contribution in [2.24, 2.45) is 0 Å². The highest BCUT2D eigenvalue weighted by Crippen LogP contribution is 2.29. The molecule has 5 nitrogen and oxygen atoms in total. The van der Waals surface area contributed by atoms with Gasteiger partial charge in [-0.3, -0.25) is 0 Å². The number of para-hydroxylation sites is 1. The summed E-state index contributed by atoms with van der Waals surface area (Å²) in [5, 5.41) is 3.24. The van der Waals surface area contributed by atoms with Crippen LogP contribution in [-0.2, 0) is 10.0 Å². The van der Waals surface area contributed by atoms with E-state index in [-0.39, 0.29) is 0 Å². The van der Waals surface area contributed by atoms with E-state index in [1.807, 2.05) is 19.2 Å². The average molecular weight is 283 g/mol. The highest BCUT2D eigenvalue weighted by molar-refractivity contribution is 7.89. The number of hydrogen-bond acceptors (Lipinski definition) is 4. The van der Waals surface area contributed by atoms with Gasteiger partial charge in [0.05, 0.1) is 5.69 Å². The quantitative estimate of drug-likeness (QED) is 0.885. The van der Waals surface area contributed by atoms with Crippen LogP contribution < -0.4 is 10.2 Å². The molecule has 1 heterocycles. The van der Waals surface area contributed by atoms with Crippen LogP contribution in [0, 0.1) is 0 Å². The van der Waals surface area contributed by atoms with E-state index in [4.69, 9.17) is 0 Å². The van der Waals surface area contributed by atoms with E-state index in [0.29, 0.717) is 10.9 Å². The SMILES string of the molecule is CNC1CCN(c2ccccc2S(=O)(=O)N(C)C)C1. The molecule has 0 aliphatic carbocycles. The number of rotatable bonds is 4. The van der Waals surface area contributed by atoms with E-state index in [0.717, 1.165) is 25.2 Å². The van der Waals surface area contributed by atoms with E-state index in [9.17, 15) is 8.42 Å². The lowest BCUT2D eigenvalue weighted by molar-refractivity contribution is 0.520. The molecule has 0 radical (unpaired) electrons. The van der Waals surface area contributed by atoms with Gasteiger partial charge in [0.25, 0.3) is 0 Å². The molecule has 0 spiro atoms. The van der Waals surface area contributed by atoms with Gasteiger partial charge in [-0.15, -0.1) is 0 Å². The highest BCUT2D eigenvalue weighted by Gasteiger charge is 2.27. The molecule has 1 saturated heterocycles. The summed E-state index contributed by atoms with van der Waals surface area (Å²) >= 11 is 0. The standard InChI is InChI=1S/C13H21N3O2S/c1-14-11-8-9-16(10-11)12-6-4-5-7-13(12)19(17,18)15(2)3/h4-7,11,14H,8-10H2,1-3H3. The minimum Gasteiger partial charge on any atom is -0.369 e. The third-order valence-corrected chi connectivity index (χ3v) is 5.42. The number of sulfonamides is 1.